The minimum atomic E-state index is -0.356. The van der Waals surface area contributed by atoms with Crippen LogP contribution in [0.2, 0.25) is 0 Å². The molecule has 1 aromatic carbocycles. The van der Waals surface area contributed by atoms with Crippen LogP contribution in [0.3, 0.4) is 0 Å². The predicted molar refractivity (Wildman–Crippen MR) is 81.2 cm³/mol. The molecule has 0 aliphatic heterocycles. The number of nitro groups is 1. The van der Waals surface area contributed by atoms with Crippen LogP contribution in [0.1, 0.15) is 11.3 Å². The van der Waals surface area contributed by atoms with E-state index in [-0.39, 0.29) is 10.6 Å². The minimum Gasteiger partial charge on any atom is -0.348 e. The van der Waals surface area contributed by atoms with Crippen molar-refractivity contribution in [2.24, 2.45) is 7.05 Å². The van der Waals surface area contributed by atoms with Gasteiger partial charge in [-0.25, -0.2) is 4.98 Å². The summed E-state index contributed by atoms with van der Waals surface area (Å²) < 4.78 is 1.99. The molecule has 0 aliphatic rings. The molecule has 7 nitrogen and oxygen atoms in total. The molecule has 1 heterocycles. The number of benzene rings is 1. The normalized spacial score (nSPS) is 10.6. The van der Waals surface area contributed by atoms with E-state index in [1.54, 1.807) is 18.2 Å². The van der Waals surface area contributed by atoms with Crippen molar-refractivity contribution in [1.29, 1.82) is 0 Å². The molecule has 0 spiro atoms. The molecular formula is C14H19N5O2. The lowest BCUT2D eigenvalue weighted by Crippen LogP contribution is -2.18. The summed E-state index contributed by atoms with van der Waals surface area (Å²) in [6, 6.07) is 6.76. The zero-order valence-corrected chi connectivity index (χ0v) is 12.4. The summed E-state index contributed by atoms with van der Waals surface area (Å²) >= 11 is 0. The molecule has 112 valence electrons. The van der Waals surface area contributed by atoms with Crippen LogP contribution in [0, 0.1) is 10.1 Å². The van der Waals surface area contributed by atoms with Gasteiger partial charge in [-0.05, 0) is 0 Å². The van der Waals surface area contributed by atoms with Crippen molar-refractivity contribution >= 4 is 11.6 Å². The Hall–Kier alpha value is -2.41. The SMILES string of the molecule is CN(C)c1ncc(CNCc2ccccc2[N+](=O)[O-])n1C. The van der Waals surface area contributed by atoms with Gasteiger partial charge >= 0.3 is 0 Å². The van der Waals surface area contributed by atoms with Crippen LogP contribution in [0.15, 0.2) is 30.5 Å². The highest BCUT2D eigenvalue weighted by Crippen LogP contribution is 2.17. The van der Waals surface area contributed by atoms with E-state index in [1.165, 1.54) is 6.07 Å². The van der Waals surface area contributed by atoms with Gasteiger partial charge in [-0.3, -0.25) is 10.1 Å². The van der Waals surface area contributed by atoms with Crippen molar-refractivity contribution in [2.45, 2.75) is 13.1 Å². The Morgan fingerprint density at radius 1 is 1.33 bits per heavy atom. The number of hydrogen-bond donors (Lipinski definition) is 1. The van der Waals surface area contributed by atoms with Crippen molar-refractivity contribution in [1.82, 2.24) is 14.9 Å². The van der Waals surface area contributed by atoms with E-state index in [9.17, 15) is 10.1 Å². The van der Waals surface area contributed by atoms with Crippen LogP contribution in [-0.4, -0.2) is 28.6 Å². The third-order valence-corrected chi connectivity index (χ3v) is 3.27. The van der Waals surface area contributed by atoms with Crippen molar-refractivity contribution in [2.75, 3.05) is 19.0 Å². The summed E-state index contributed by atoms with van der Waals surface area (Å²) in [7, 11) is 5.82. The van der Waals surface area contributed by atoms with E-state index in [4.69, 9.17) is 0 Å². The number of nitrogens with one attached hydrogen (secondary N) is 1. The van der Waals surface area contributed by atoms with Crippen LogP contribution < -0.4 is 10.2 Å². The molecule has 2 rings (SSSR count). The third kappa shape index (κ3) is 3.38. The number of anilines is 1. The molecule has 2 aromatic rings. The quantitative estimate of drug-likeness (QED) is 0.647. The molecule has 0 atom stereocenters. The molecule has 0 fully saturated rings. The molecule has 1 aromatic heterocycles. The molecule has 0 amide bonds. The van der Waals surface area contributed by atoms with Crippen LogP contribution in [0.25, 0.3) is 0 Å². The van der Waals surface area contributed by atoms with Crippen molar-refractivity contribution in [3.05, 3.63) is 51.8 Å². The lowest BCUT2D eigenvalue weighted by atomic mass is 10.2. The number of rotatable bonds is 6. The average Bonchev–Trinajstić information content (AvgIpc) is 2.81. The van der Waals surface area contributed by atoms with E-state index >= 15 is 0 Å². The standard InChI is InChI=1S/C14H19N5O2/c1-17(2)14-16-10-12(18(14)3)9-15-8-11-6-4-5-7-13(11)19(20)21/h4-7,10,15H,8-9H2,1-3H3. The monoisotopic (exact) mass is 289 g/mol. The number of para-hydroxylation sites is 1. The fourth-order valence-corrected chi connectivity index (χ4v) is 2.18. The molecule has 0 saturated carbocycles. The van der Waals surface area contributed by atoms with Crippen molar-refractivity contribution in [3.63, 3.8) is 0 Å². The molecule has 21 heavy (non-hydrogen) atoms. The summed E-state index contributed by atoms with van der Waals surface area (Å²) in [4.78, 5) is 16.9. The Morgan fingerprint density at radius 3 is 2.67 bits per heavy atom. The Morgan fingerprint density at radius 2 is 2.05 bits per heavy atom. The molecule has 0 aliphatic carbocycles. The van der Waals surface area contributed by atoms with E-state index < -0.39 is 0 Å². The molecule has 1 N–H and O–H groups in total. The van der Waals surface area contributed by atoms with Crippen LogP contribution in [0.5, 0.6) is 0 Å². The van der Waals surface area contributed by atoms with Gasteiger partial charge in [0.05, 0.1) is 16.8 Å². The predicted octanol–water partition coefficient (Wildman–Crippen LogP) is 1.68. The average molecular weight is 289 g/mol. The van der Waals surface area contributed by atoms with Crippen molar-refractivity contribution in [3.8, 4) is 0 Å². The second kappa shape index (κ2) is 6.36. The van der Waals surface area contributed by atoms with E-state index in [2.05, 4.69) is 10.3 Å². The van der Waals surface area contributed by atoms with E-state index in [0.29, 0.717) is 18.7 Å². The van der Waals surface area contributed by atoms with Gasteiger partial charge in [-0.1, -0.05) is 18.2 Å². The van der Waals surface area contributed by atoms with Gasteiger partial charge in [0.25, 0.3) is 5.69 Å². The van der Waals surface area contributed by atoms with Gasteiger partial charge in [-0.15, -0.1) is 0 Å². The first-order chi connectivity index (χ1) is 10.0. The maximum atomic E-state index is 10.9. The summed E-state index contributed by atoms with van der Waals surface area (Å²) in [6.45, 7) is 1.04. The zero-order valence-electron chi connectivity index (χ0n) is 12.4. The highest BCUT2D eigenvalue weighted by molar-refractivity contribution is 5.39. The molecule has 0 bridgehead atoms. The van der Waals surface area contributed by atoms with Crippen LogP contribution in [-0.2, 0) is 20.1 Å². The number of hydrogen-bond acceptors (Lipinski definition) is 5. The lowest BCUT2D eigenvalue weighted by molar-refractivity contribution is -0.385. The molecule has 7 heteroatoms. The fraction of sp³-hybridized carbons (Fsp3) is 0.357. The van der Waals surface area contributed by atoms with Gasteiger partial charge in [-0.2, -0.15) is 0 Å². The molecule has 0 radical (unpaired) electrons. The summed E-state index contributed by atoms with van der Waals surface area (Å²) in [5, 5.41) is 14.2. The van der Waals surface area contributed by atoms with Gasteiger partial charge in [0.2, 0.25) is 5.95 Å². The number of imidazole rings is 1. The third-order valence-electron chi connectivity index (χ3n) is 3.27. The Bertz CT molecular complexity index is 636. The molecule has 0 unspecified atom stereocenters. The van der Waals surface area contributed by atoms with Crippen molar-refractivity contribution < 1.29 is 4.92 Å². The molecular weight excluding hydrogens is 270 g/mol. The van der Waals surface area contributed by atoms with E-state index in [1.807, 2.05) is 36.8 Å². The maximum Gasteiger partial charge on any atom is 0.273 e. The minimum absolute atomic E-state index is 0.143. The zero-order chi connectivity index (χ0) is 15.4. The van der Waals surface area contributed by atoms with Gasteiger partial charge in [0, 0.05) is 45.9 Å². The summed E-state index contributed by atoms with van der Waals surface area (Å²) in [5.74, 6) is 0.873. The largest absolute Gasteiger partial charge is 0.348 e. The number of aromatic nitrogens is 2. The highest BCUT2D eigenvalue weighted by atomic mass is 16.6. The van der Waals surface area contributed by atoms with Crippen LogP contribution >= 0.6 is 0 Å². The second-order valence-electron chi connectivity index (χ2n) is 4.99. The summed E-state index contributed by atoms with van der Waals surface area (Å²) in [6.07, 6.45) is 1.81. The Kier molecular flexibility index (Phi) is 4.54. The highest BCUT2D eigenvalue weighted by Gasteiger charge is 2.12. The second-order valence-corrected chi connectivity index (χ2v) is 4.99. The van der Waals surface area contributed by atoms with Crippen LogP contribution in [0.4, 0.5) is 11.6 Å². The van der Waals surface area contributed by atoms with Gasteiger partial charge in [0.1, 0.15) is 0 Å². The maximum absolute atomic E-state index is 10.9. The first-order valence-electron chi connectivity index (χ1n) is 6.61. The summed E-state index contributed by atoms with van der Waals surface area (Å²) in [5.41, 5.74) is 1.85. The molecule has 0 saturated heterocycles. The number of nitro benzene ring substituents is 1. The smallest absolute Gasteiger partial charge is 0.273 e. The first kappa shape index (κ1) is 15.0. The lowest BCUT2D eigenvalue weighted by Gasteiger charge is -2.13. The topological polar surface area (TPSA) is 76.2 Å². The van der Waals surface area contributed by atoms with Gasteiger partial charge < -0.3 is 14.8 Å². The fourth-order valence-electron chi connectivity index (χ4n) is 2.18. The Labute approximate surface area is 123 Å². The number of nitrogens with zero attached hydrogens (tertiary/aromatic N) is 4. The first-order valence-corrected chi connectivity index (χ1v) is 6.61. The van der Waals surface area contributed by atoms with Gasteiger partial charge in [0.15, 0.2) is 0 Å². The van der Waals surface area contributed by atoms with E-state index in [0.717, 1.165) is 11.6 Å². The Balaban J connectivity index is 2.01.